The number of Topliss-reactive ketones (excluding diaryl/α,β-unsaturated/α-hetero) is 1. The van der Waals surface area contributed by atoms with Gasteiger partial charge < -0.3 is 48.0 Å². The van der Waals surface area contributed by atoms with Crippen molar-refractivity contribution in [1.29, 1.82) is 0 Å². The maximum atomic E-state index is 14.7. The Morgan fingerprint density at radius 1 is 0.373 bits per heavy atom. The van der Waals surface area contributed by atoms with E-state index in [1.54, 1.807) is 0 Å². The van der Waals surface area contributed by atoms with Crippen LogP contribution in [0.3, 0.4) is 0 Å². The van der Waals surface area contributed by atoms with Crippen LogP contribution in [-0.2, 0) is 0 Å². The number of benzene rings is 7. The second kappa shape index (κ2) is 18.3. The van der Waals surface area contributed by atoms with Gasteiger partial charge in [-0.3, -0.25) is 4.79 Å². The molecule has 0 aromatic heterocycles. The van der Waals surface area contributed by atoms with E-state index in [0.29, 0.717) is 6.42 Å². The van der Waals surface area contributed by atoms with Crippen LogP contribution in [0.25, 0.3) is 0 Å². The van der Waals surface area contributed by atoms with Crippen LogP contribution < -0.4 is 79.8 Å². The molecule has 0 aliphatic rings. The minimum atomic E-state index is -2.49. The maximum absolute atomic E-state index is 14.7. The van der Waals surface area contributed by atoms with Gasteiger partial charge in [-0.15, -0.1) is 0 Å². The van der Waals surface area contributed by atoms with E-state index in [1.807, 2.05) is 30.3 Å². The Balaban J connectivity index is 0.00000252. The first kappa shape index (κ1) is 38.8. The van der Waals surface area contributed by atoms with E-state index in [0.717, 1.165) is 11.7 Å². The highest BCUT2D eigenvalue weighted by molar-refractivity contribution is 7.99. The molecule has 254 valence electrons. The molecule has 7 aromatic carbocycles. The second-order valence-corrected chi connectivity index (χ2v) is 19.6. The van der Waals surface area contributed by atoms with Gasteiger partial charge in [-0.1, -0.05) is 140 Å². The minimum absolute atomic E-state index is 0. The Kier molecular flexibility index (Phi) is 13.9. The molecule has 0 amide bonds. The number of carbonyl (C=O) groups is 1. The largest absolute Gasteiger partial charge is 1.00 e. The number of rotatable bonds is 12. The van der Waals surface area contributed by atoms with Crippen LogP contribution in [0.15, 0.2) is 212 Å². The first-order valence-electron chi connectivity index (χ1n) is 16.9. The molecular formula is C46H40I2OP2. The average Bonchev–Trinajstić information content (AvgIpc) is 3.20. The zero-order valence-corrected chi connectivity index (χ0v) is 34.4. The summed E-state index contributed by atoms with van der Waals surface area (Å²) in [5, 5.41) is 7.88. The molecular weight excluding hydrogens is 884 g/mol. The third-order valence-electron chi connectivity index (χ3n) is 9.63. The minimum Gasteiger partial charge on any atom is -1.00 e. The number of halogens is 2. The number of ketones is 1. The Morgan fingerprint density at radius 2 is 0.627 bits per heavy atom. The fourth-order valence-corrected chi connectivity index (χ4v) is 18.0. The summed E-state index contributed by atoms with van der Waals surface area (Å²) in [5.41, 5.74) is 0.740. The molecule has 0 saturated carbocycles. The molecule has 1 nitrogen and oxygen atoms in total. The molecule has 51 heavy (non-hydrogen) atoms. The fraction of sp³-hybridized carbons (Fsp3) is 0.0652. The molecule has 0 spiro atoms. The summed E-state index contributed by atoms with van der Waals surface area (Å²) in [4.78, 5) is 14.7. The SMILES string of the molecule is O=C(CC(C[P+](c1ccccc1)(c1ccccc1)c1ccccc1)[P+](c1ccccc1)(c1ccccc1)c1ccccc1)c1ccccc1.[I-].[I-]. The van der Waals surface area contributed by atoms with Gasteiger partial charge in [-0.25, -0.2) is 0 Å². The molecule has 0 fully saturated rings. The van der Waals surface area contributed by atoms with Crippen molar-refractivity contribution in [2.24, 2.45) is 0 Å². The van der Waals surface area contributed by atoms with E-state index in [2.05, 4.69) is 182 Å². The molecule has 0 heterocycles. The van der Waals surface area contributed by atoms with Crippen molar-refractivity contribution in [3.05, 3.63) is 218 Å². The number of hydrogen-bond donors (Lipinski definition) is 0. The molecule has 0 radical (unpaired) electrons. The first-order valence-corrected chi connectivity index (χ1v) is 20.7. The van der Waals surface area contributed by atoms with Gasteiger partial charge in [-0.05, 0) is 72.8 Å². The van der Waals surface area contributed by atoms with Crippen LogP contribution in [0.1, 0.15) is 16.8 Å². The monoisotopic (exact) mass is 924 g/mol. The summed E-state index contributed by atoms with van der Waals surface area (Å²) in [6.45, 7) is 0. The Bertz CT molecular complexity index is 1870. The van der Waals surface area contributed by atoms with E-state index in [-0.39, 0.29) is 59.4 Å². The molecule has 0 saturated heterocycles. The highest BCUT2D eigenvalue weighted by Crippen LogP contribution is 2.67. The highest BCUT2D eigenvalue weighted by atomic mass is 127. The zero-order valence-electron chi connectivity index (χ0n) is 28.3. The number of hydrogen-bond acceptors (Lipinski definition) is 1. The van der Waals surface area contributed by atoms with E-state index >= 15 is 0 Å². The predicted molar refractivity (Wildman–Crippen MR) is 214 cm³/mol. The van der Waals surface area contributed by atoms with Crippen LogP contribution in [-0.4, -0.2) is 17.6 Å². The van der Waals surface area contributed by atoms with Crippen LogP contribution in [0, 0.1) is 0 Å². The van der Waals surface area contributed by atoms with Gasteiger partial charge in [0.2, 0.25) is 0 Å². The van der Waals surface area contributed by atoms with Crippen molar-refractivity contribution in [2.45, 2.75) is 12.1 Å². The third kappa shape index (κ3) is 7.98. The lowest BCUT2D eigenvalue weighted by Crippen LogP contribution is -3.00. The van der Waals surface area contributed by atoms with Crippen molar-refractivity contribution in [1.82, 2.24) is 0 Å². The third-order valence-corrected chi connectivity index (χ3v) is 19.2. The summed E-state index contributed by atoms with van der Waals surface area (Å²) in [6, 6.07) is 76.3. The molecule has 0 aliphatic heterocycles. The van der Waals surface area contributed by atoms with E-state index in [1.165, 1.54) is 31.8 Å². The Morgan fingerprint density at radius 3 is 0.922 bits per heavy atom. The van der Waals surface area contributed by atoms with Gasteiger partial charge in [0, 0.05) is 5.56 Å². The van der Waals surface area contributed by atoms with Crippen LogP contribution in [0.4, 0.5) is 0 Å². The predicted octanol–water partition coefficient (Wildman–Crippen LogP) is 2.62. The smallest absolute Gasteiger partial charge is 0.166 e. The summed E-state index contributed by atoms with van der Waals surface area (Å²) in [7, 11) is -4.83. The van der Waals surface area contributed by atoms with Crippen LogP contribution >= 0.6 is 14.5 Å². The molecule has 0 bridgehead atoms. The van der Waals surface area contributed by atoms with Gasteiger partial charge in [0.1, 0.15) is 58.2 Å². The Labute approximate surface area is 338 Å². The standard InChI is InChI=1S/C46H40OP2.2HI/c47-46(38-22-8-1-9-23-38)36-45(49(42-30-16-5-17-31-42,43-32-18-6-19-33-43)44-34-20-7-21-35-44)37-48(39-24-10-2-11-25-39,40-26-12-3-13-27-40)41-28-14-4-15-29-41;;/h1-35,45H,36-37H2;2*1H/q+2;;/p-2. The quantitative estimate of drug-likeness (QED) is 0.105. The van der Waals surface area contributed by atoms with Crippen molar-refractivity contribution in [3.8, 4) is 0 Å². The van der Waals surface area contributed by atoms with Crippen molar-refractivity contribution in [2.75, 3.05) is 6.16 Å². The van der Waals surface area contributed by atoms with Crippen molar-refractivity contribution >= 4 is 52.1 Å². The molecule has 1 atom stereocenters. The van der Waals surface area contributed by atoms with Gasteiger partial charge in [0.15, 0.2) is 5.78 Å². The normalized spacial score (nSPS) is 11.8. The maximum Gasteiger partial charge on any atom is 0.166 e. The molecule has 0 aliphatic carbocycles. The summed E-state index contributed by atoms with van der Waals surface area (Å²) in [5.74, 6) is 0.185. The van der Waals surface area contributed by atoms with E-state index in [9.17, 15) is 4.79 Å². The summed E-state index contributed by atoms with van der Waals surface area (Å²) in [6.07, 6.45) is 1.25. The second-order valence-electron chi connectivity index (χ2n) is 12.4. The fourth-order valence-electron chi connectivity index (χ4n) is 7.48. The zero-order chi connectivity index (χ0) is 33.4. The highest BCUT2D eigenvalue weighted by Gasteiger charge is 2.59. The van der Waals surface area contributed by atoms with Gasteiger partial charge >= 0.3 is 0 Å². The molecule has 7 rings (SSSR count). The number of carbonyl (C=O) groups excluding carboxylic acids is 1. The van der Waals surface area contributed by atoms with E-state index < -0.39 is 14.5 Å². The van der Waals surface area contributed by atoms with Crippen LogP contribution in [0.5, 0.6) is 0 Å². The summed E-state index contributed by atoms with van der Waals surface area (Å²) >= 11 is 0. The van der Waals surface area contributed by atoms with Crippen LogP contribution in [0.2, 0.25) is 0 Å². The molecule has 7 aromatic rings. The van der Waals surface area contributed by atoms with Gasteiger partial charge in [-0.2, -0.15) is 0 Å². The molecule has 1 unspecified atom stereocenters. The van der Waals surface area contributed by atoms with Crippen molar-refractivity contribution in [3.63, 3.8) is 0 Å². The first-order chi connectivity index (χ1) is 24.2. The lowest BCUT2D eigenvalue weighted by Gasteiger charge is -2.38. The van der Waals surface area contributed by atoms with Gasteiger partial charge in [0.05, 0.1) is 6.42 Å². The Hall–Kier alpha value is -3.47. The van der Waals surface area contributed by atoms with Gasteiger partial charge in [0.25, 0.3) is 0 Å². The topological polar surface area (TPSA) is 17.1 Å². The lowest BCUT2D eigenvalue weighted by molar-refractivity contribution is -0.00100. The van der Waals surface area contributed by atoms with Crippen molar-refractivity contribution < 1.29 is 52.7 Å². The lowest BCUT2D eigenvalue weighted by atomic mass is 10.1. The molecule has 0 N–H and O–H groups in total. The summed E-state index contributed by atoms with van der Waals surface area (Å²) < 4.78 is 0. The molecule has 5 heteroatoms. The van der Waals surface area contributed by atoms with E-state index in [4.69, 9.17) is 0 Å². The average molecular weight is 925 g/mol.